The standard InChI is InChI=1S/C14H21N5/c1-11(2)19(10-12-4-3-5-16-7-12)14-9-17-13(6-15)8-18-14/h8-9,11-12,16H,3-5,7,10H2,1-2H3. The van der Waals surface area contributed by atoms with Crippen LogP contribution in [0.15, 0.2) is 12.4 Å². The monoisotopic (exact) mass is 259 g/mol. The van der Waals surface area contributed by atoms with E-state index in [-0.39, 0.29) is 0 Å². The van der Waals surface area contributed by atoms with Crippen molar-refractivity contribution in [1.82, 2.24) is 15.3 Å². The van der Waals surface area contributed by atoms with Crippen molar-refractivity contribution in [2.24, 2.45) is 5.92 Å². The van der Waals surface area contributed by atoms with Gasteiger partial charge >= 0.3 is 0 Å². The van der Waals surface area contributed by atoms with Gasteiger partial charge in [0.15, 0.2) is 5.69 Å². The van der Waals surface area contributed by atoms with Crippen LogP contribution < -0.4 is 10.2 Å². The summed E-state index contributed by atoms with van der Waals surface area (Å²) in [7, 11) is 0. The molecule has 2 rings (SSSR count). The molecular weight excluding hydrogens is 238 g/mol. The summed E-state index contributed by atoms with van der Waals surface area (Å²) in [4.78, 5) is 10.7. The van der Waals surface area contributed by atoms with E-state index in [0.29, 0.717) is 17.7 Å². The fourth-order valence-electron chi connectivity index (χ4n) is 2.45. The lowest BCUT2D eigenvalue weighted by Crippen LogP contribution is -2.41. The van der Waals surface area contributed by atoms with Crippen molar-refractivity contribution < 1.29 is 0 Å². The highest BCUT2D eigenvalue weighted by molar-refractivity contribution is 5.38. The molecule has 0 spiro atoms. The normalized spacial score (nSPS) is 19.2. The Kier molecular flexibility index (Phi) is 4.69. The molecule has 2 heterocycles. The molecule has 1 fully saturated rings. The van der Waals surface area contributed by atoms with Crippen molar-refractivity contribution in [3.8, 4) is 6.07 Å². The lowest BCUT2D eigenvalue weighted by molar-refractivity contribution is 0.370. The maximum atomic E-state index is 8.76. The van der Waals surface area contributed by atoms with Crippen LogP contribution in [-0.4, -0.2) is 35.6 Å². The number of aromatic nitrogens is 2. The first-order chi connectivity index (χ1) is 9.20. The molecule has 19 heavy (non-hydrogen) atoms. The second-order valence-electron chi connectivity index (χ2n) is 5.33. The van der Waals surface area contributed by atoms with E-state index in [9.17, 15) is 0 Å². The van der Waals surface area contributed by atoms with Gasteiger partial charge in [-0.1, -0.05) is 0 Å². The van der Waals surface area contributed by atoms with Gasteiger partial charge in [0.1, 0.15) is 11.9 Å². The van der Waals surface area contributed by atoms with Gasteiger partial charge in [0.2, 0.25) is 0 Å². The van der Waals surface area contributed by atoms with E-state index in [1.807, 2.05) is 6.07 Å². The van der Waals surface area contributed by atoms with Crippen molar-refractivity contribution >= 4 is 5.82 Å². The average molecular weight is 259 g/mol. The molecule has 0 radical (unpaired) electrons. The molecule has 1 N–H and O–H groups in total. The van der Waals surface area contributed by atoms with Crippen molar-refractivity contribution in [3.63, 3.8) is 0 Å². The van der Waals surface area contributed by atoms with E-state index >= 15 is 0 Å². The first kappa shape index (κ1) is 13.8. The van der Waals surface area contributed by atoms with Gasteiger partial charge in [0.05, 0.1) is 12.4 Å². The predicted molar refractivity (Wildman–Crippen MR) is 74.8 cm³/mol. The minimum atomic E-state index is 0.367. The van der Waals surface area contributed by atoms with Gasteiger partial charge < -0.3 is 10.2 Å². The maximum Gasteiger partial charge on any atom is 0.158 e. The average Bonchev–Trinajstić information content (AvgIpc) is 2.46. The summed E-state index contributed by atoms with van der Waals surface area (Å²) in [5, 5.41) is 12.2. The zero-order chi connectivity index (χ0) is 13.7. The van der Waals surface area contributed by atoms with Gasteiger partial charge in [0, 0.05) is 12.6 Å². The van der Waals surface area contributed by atoms with Gasteiger partial charge in [0.25, 0.3) is 0 Å². The molecule has 102 valence electrons. The molecule has 1 aliphatic rings. The number of nitrogens with one attached hydrogen (secondary N) is 1. The first-order valence-corrected chi connectivity index (χ1v) is 6.90. The summed E-state index contributed by atoms with van der Waals surface area (Å²) >= 11 is 0. The molecule has 5 heteroatoms. The molecule has 0 amide bonds. The second kappa shape index (κ2) is 6.48. The van der Waals surface area contributed by atoms with Gasteiger partial charge in [-0.05, 0) is 45.7 Å². The molecule has 1 unspecified atom stereocenters. The Morgan fingerprint density at radius 2 is 2.32 bits per heavy atom. The third-order valence-electron chi connectivity index (χ3n) is 3.52. The van der Waals surface area contributed by atoms with Crippen LogP contribution in [0.3, 0.4) is 0 Å². The maximum absolute atomic E-state index is 8.76. The molecular formula is C14H21N5. The fraction of sp³-hybridized carbons (Fsp3) is 0.643. The SMILES string of the molecule is CC(C)N(CC1CCCNC1)c1cnc(C#N)cn1. The minimum absolute atomic E-state index is 0.367. The third-order valence-corrected chi connectivity index (χ3v) is 3.52. The molecule has 0 saturated carbocycles. The van der Waals surface area contributed by atoms with Crippen molar-refractivity contribution in [3.05, 3.63) is 18.1 Å². The summed E-state index contributed by atoms with van der Waals surface area (Å²) in [6, 6.07) is 2.38. The molecule has 0 aliphatic carbocycles. The van der Waals surface area contributed by atoms with Crippen LogP contribution in [0, 0.1) is 17.2 Å². The van der Waals surface area contributed by atoms with E-state index in [2.05, 4.69) is 34.0 Å². The van der Waals surface area contributed by atoms with E-state index in [1.54, 1.807) is 12.4 Å². The highest BCUT2D eigenvalue weighted by Gasteiger charge is 2.20. The first-order valence-electron chi connectivity index (χ1n) is 6.90. The minimum Gasteiger partial charge on any atom is -0.353 e. The van der Waals surface area contributed by atoms with Crippen LogP contribution in [0.2, 0.25) is 0 Å². The number of hydrogen-bond acceptors (Lipinski definition) is 5. The zero-order valence-electron chi connectivity index (χ0n) is 11.6. The van der Waals surface area contributed by atoms with Crippen LogP contribution in [0.5, 0.6) is 0 Å². The Bertz CT molecular complexity index is 428. The number of nitriles is 1. The number of rotatable bonds is 4. The molecule has 5 nitrogen and oxygen atoms in total. The third kappa shape index (κ3) is 3.65. The van der Waals surface area contributed by atoms with Crippen LogP contribution in [-0.2, 0) is 0 Å². The number of anilines is 1. The van der Waals surface area contributed by atoms with Crippen LogP contribution >= 0.6 is 0 Å². The van der Waals surface area contributed by atoms with Crippen LogP contribution in [0.4, 0.5) is 5.82 Å². The Morgan fingerprint density at radius 1 is 1.47 bits per heavy atom. The smallest absolute Gasteiger partial charge is 0.158 e. The van der Waals surface area contributed by atoms with E-state index < -0.39 is 0 Å². The van der Waals surface area contributed by atoms with Gasteiger partial charge in [-0.3, -0.25) is 0 Å². The van der Waals surface area contributed by atoms with E-state index in [1.165, 1.54) is 12.8 Å². The molecule has 1 aromatic heterocycles. The predicted octanol–water partition coefficient (Wildman–Crippen LogP) is 1.56. The number of piperidine rings is 1. The second-order valence-corrected chi connectivity index (χ2v) is 5.33. The van der Waals surface area contributed by atoms with E-state index in [0.717, 1.165) is 25.5 Å². The van der Waals surface area contributed by atoms with Gasteiger partial charge in [-0.15, -0.1) is 0 Å². The van der Waals surface area contributed by atoms with Crippen molar-refractivity contribution in [2.45, 2.75) is 32.7 Å². The van der Waals surface area contributed by atoms with Crippen LogP contribution in [0.1, 0.15) is 32.4 Å². The summed E-state index contributed by atoms with van der Waals surface area (Å²) in [5.74, 6) is 1.52. The molecule has 0 aromatic carbocycles. The summed E-state index contributed by atoms with van der Waals surface area (Å²) < 4.78 is 0. The molecule has 1 aliphatic heterocycles. The fourth-order valence-corrected chi connectivity index (χ4v) is 2.45. The highest BCUT2D eigenvalue weighted by Crippen LogP contribution is 2.18. The Hall–Kier alpha value is -1.67. The van der Waals surface area contributed by atoms with Gasteiger partial charge in [-0.2, -0.15) is 5.26 Å². The number of nitrogens with zero attached hydrogens (tertiary/aromatic N) is 4. The molecule has 1 atom stereocenters. The van der Waals surface area contributed by atoms with Crippen molar-refractivity contribution in [1.29, 1.82) is 5.26 Å². The topological polar surface area (TPSA) is 64.8 Å². The largest absolute Gasteiger partial charge is 0.353 e. The Morgan fingerprint density at radius 3 is 2.84 bits per heavy atom. The highest BCUT2D eigenvalue weighted by atomic mass is 15.2. The molecule has 0 bridgehead atoms. The quantitative estimate of drug-likeness (QED) is 0.889. The lowest BCUT2D eigenvalue weighted by Gasteiger charge is -2.33. The lowest BCUT2D eigenvalue weighted by atomic mass is 9.98. The summed E-state index contributed by atoms with van der Waals surface area (Å²) in [6.07, 6.45) is 5.76. The molecule has 1 aromatic rings. The Labute approximate surface area is 114 Å². The van der Waals surface area contributed by atoms with Crippen LogP contribution in [0.25, 0.3) is 0 Å². The summed E-state index contributed by atoms with van der Waals surface area (Å²) in [5.41, 5.74) is 0.367. The van der Waals surface area contributed by atoms with Gasteiger partial charge in [-0.25, -0.2) is 9.97 Å². The zero-order valence-corrected chi connectivity index (χ0v) is 11.6. The molecule has 1 saturated heterocycles. The van der Waals surface area contributed by atoms with E-state index in [4.69, 9.17) is 5.26 Å². The Balaban J connectivity index is 2.07. The number of hydrogen-bond donors (Lipinski definition) is 1. The summed E-state index contributed by atoms with van der Waals surface area (Å²) in [6.45, 7) is 7.53. The van der Waals surface area contributed by atoms with Crippen molar-refractivity contribution in [2.75, 3.05) is 24.5 Å².